The van der Waals surface area contributed by atoms with Crippen LogP contribution in [-0.2, 0) is 11.3 Å². The van der Waals surface area contributed by atoms with Gasteiger partial charge in [-0.3, -0.25) is 14.8 Å². The van der Waals surface area contributed by atoms with Crippen molar-refractivity contribution in [2.75, 3.05) is 0 Å². The van der Waals surface area contributed by atoms with Crippen molar-refractivity contribution in [1.82, 2.24) is 10.3 Å². The van der Waals surface area contributed by atoms with Gasteiger partial charge in [0.05, 0.1) is 0 Å². The molecule has 0 bridgehead atoms. The van der Waals surface area contributed by atoms with E-state index in [1.807, 2.05) is 5.43 Å². The molecule has 0 saturated carbocycles. The van der Waals surface area contributed by atoms with Crippen LogP contribution in [0.25, 0.3) is 0 Å². The Balaban J connectivity index is 3.18. The predicted octanol–water partition coefficient (Wildman–Crippen LogP) is -2.03. The summed E-state index contributed by atoms with van der Waals surface area (Å²) in [6, 6.07) is 0. The molecule has 0 fully saturated rings. The lowest BCUT2D eigenvalue weighted by molar-refractivity contribution is 0.258. The molecular weight excluding hydrogens is 131 g/mol. The van der Waals surface area contributed by atoms with Crippen LogP contribution in [0.2, 0.25) is 0 Å². The number of hydrogen-bond acceptors (Lipinski definition) is 2. The Morgan fingerprint density at radius 2 is 2.25 bits per heavy atom. The lowest BCUT2D eigenvalue weighted by atomic mass is 10.1. The molecule has 0 heterocycles. The second-order valence-electron chi connectivity index (χ2n) is 1.03. The van der Waals surface area contributed by atoms with E-state index in [0.717, 1.165) is 0 Å². The number of nitrogens with one attached hydrogen (secondary N) is 2. The van der Waals surface area contributed by atoms with Crippen molar-refractivity contribution in [3.63, 3.8) is 0 Å². The smallest absolute Gasteiger partial charge is 0.250 e. The number of amides is 1. The van der Waals surface area contributed by atoms with Gasteiger partial charge < -0.3 is 0 Å². The Bertz CT molecular complexity index is 102. The summed E-state index contributed by atoms with van der Waals surface area (Å²) in [5, 5.41) is 0. The van der Waals surface area contributed by atoms with Gasteiger partial charge in [-0.25, -0.2) is 4.21 Å². The summed E-state index contributed by atoms with van der Waals surface area (Å²) in [5.74, 6) is -0.410. The Hall–Kier alpha value is -0.395. The van der Waals surface area contributed by atoms with E-state index in [-0.39, 0.29) is 0 Å². The van der Waals surface area contributed by atoms with Gasteiger partial charge in [0.2, 0.25) is 19.1 Å². The molecule has 0 aromatic rings. The quantitative estimate of drug-likeness (QED) is 0.232. The van der Waals surface area contributed by atoms with Gasteiger partial charge in [-0.05, 0) is 0 Å². The van der Waals surface area contributed by atoms with E-state index < -0.39 is 17.1 Å². The molecule has 0 aromatic heterocycles. The highest BCUT2D eigenvalue weighted by Crippen LogP contribution is 1.56. The van der Waals surface area contributed by atoms with E-state index in [1.54, 1.807) is 4.83 Å². The van der Waals surface area contributed by atoms with Gasteiger partial charge in [-0.1, -0.05) is 0 Å². The zero-order valence-electron chi connectivity index (χ0n) is 4.17. The Morgan fingerprint density at radius 1 is 1.75 bits per heavy atom. The van der Waals surface area contributed by atoms with Crippen molar-refractivity contribution in [3.05, 3.63) is 0 Å². The maximum atomic E-state index is 9.93. The molecule has 0 aromatic carbocycles. The largest absolute Gasteiger partial charge is 0.293 e. The molecule has 0 saturated heterocycles. The van der Waals surface area contributed by atoms with Gasteiger partial charge >= 0.3 is 0 Å². The third-order valence-electron chi connectivity index (χ3n) is 0.314. The van der Waals surface area contributed by atoms with Crippen LogP contribution < -0.4 is 10.3 Å². The first kappa shape index (κ1) is 7.60. The van der Waals surface area contributed by atoms with Crippen LogP contribution in [-0.4, -0.2) is 22.4 Å². The molecule has 0 aliphatic heterocycles. The highest BCUT2D eigenvalue weighted by molar-refractivity contribution is 7.77. The fourth-order valence-electron chi connectivity index (χ4n) is 0.116. The van der Waals surface area contributed by atoms with Crippen molar-refractivity contribution < 1.29 is 13.6 Å². The van der Waals surface area contributed by atoms with Gasteiger partial charge in [-0.2, -0.15) is 0 Å². The van der Waals surface area contributed by atoms with Gasteiger partial charge in [-0.15, -0.1) is 4.83 Å². The fourth-order valence-corrected chi connectivity index (χ4v) is 0.347. The van der Waals surface area contributed by atoms with Crippen LogP contribution in [0.1, 0.15) is 0 Å². The van der Waals surface area contributed by atoms with Gasteiger partial charge in [0.25, 0.3) is 0 Å². The highest BCUT2D eigenvalue weighted by atomic mass is 32.2. The van der Waals surface area contributed by atoms with Crippen molar-refractivity contribution in [1.29, 1.82) is 0 Å². The summed E-state index contributed by atoms with van der Waals surface area (Å²) in [7, 11) is 1.22. The number of hydrazine groups is 1. The van der Waals surface area contributed by atoms with Crippen LogP contribution >= 0.6 is 0 Å². The van der Waals surface area contributed by atoms with E-state index in [2.05, 4.69) is 0 Å². The lowest BCUT2D eigenvalue weighted by Crippen LogP contribution is -2.37. The average Bonchev–Trinajstić information content (AvgIpc) is 1.61. The van der Waals surface area contributed by atoms with Crippen LogP contribution in [0, 0.1) is 0 Å². The summed E-state index contributed by atoms with van der Waals surface area (Å²) in [5.41, 5.74) is 1.91. The van der Waals surface area contributed by atoms with Gasteiger partial charge in [0, 0.05) is 0 Å². The van der Waals surface area contributed by atoms with Crippen LogP contribution in [0.15, 0.2) is 0 Å². The van der Waals surface area contributed by atoms with Crippen molar-refractivity contribution >= 4 is 24.9 Å². The maximum Gasteiger partial charge on any atom is 0.250 e. The minimum Gasteiger partial charge on any atom is -0.293 e. The molecule has 5 nitrogen and oxygen atoms in total. The summed E-state index contributed by atoms with van der Waals surface area (Å²) >= 11 is -2.17. The maximum absolute atomic E-state index is 9.93. The molecule has 0 radical (unpaired) electrons. The summed E-state index contributed by atoms with van der Waals surface area (Å²) in [6.07, 6.45) is 0. The molecule has 0 aliphatic carbocycles. The highest BCUT2D eigenvalue weighted by Gasteiger charge is 1.89. The van der Waals surface area contributed by atoms with Crippen LogP contribution in [0.5, 0.6) is 0 Å². The average molecular weight is 136 g/mol. The summed E-state index contributed by atoms with van der Waals surface area (Å²) < 4.78 is 17.6. The Kier molecular flexibility index (Phi) is 3.41. The molecule has 1 atom stereocenters. The molecule has 0 spiro atoms. The van der Waals surface area contributed by atoms with Crippen LogP contribution in [0.3, 0.4) is 0 Å². The first-order valence-corrected chi connectivity index (χ1v) is 2.86. The zero-order valence-corrected chi connectivity index (χ0v) is 4.99. The van der Waals surface area contributed by atoms with Crippen LogP contribution in [0.4, 0.5) is 4.79 Å². The molecule has 1 unspecified atom stereocenters. The molecule has 0 rings (SSSR count). The van der Waals surface area contributed by atoms with Gasteiger partial charge in [0.15, 0.2) is 5.81 Å². The standard InChI is InChI=1S/CH5BN2O3S/c2-1(5)3-4-8(6)7/h4H,2H2,(H,3,5)(H,6,7). The van der Waals surface area contributed by atoms with E-state index in [1.165, 1.54) is 7.85 Å². The molecule has 8 heavy (non-hydrogen) atoms. The summed E-state index contributed by atoms with van der Waals surface area (Å²) in [6.45, 7) is 0. The number of carbonyl (C=O) groups is 1. The molecule has 0 aliphatic rings. The molecular formula is CH5BN2O3S. The van der Waals surface area contributed by atoms with E-state index in [0.29, 0.717) is 0 Å². The fraction of sp³-hybridized carbons (Fsp3) is 0. The second kappa shape index (κ2) is 3.59. The molecule has 46 valence electrons. The summed E-state index contributed by atoms with van der Waals surface area (Å²) in [4.78, 5) is 11.7. The topological polar surface area (TPSA) is 78.4 Å². The number of carbonyl (C=O) groups excluding carboxylic acids is 1. The first-order valence-electron chi connectivity index (χ1n) is 1.76. The third kappa shape index (κ3) is 5.60. The Labute approximate surface area is 49.6 Å². The van der Waals surface area contributed by atoms with Crippen molar-refractivity contribution in [2.45, 2.75) is 0 Å². The zero-order chi connectivity index (χ0) is 6.57. The van der Waals surface area contributed by atoms with E-state index >= 15 is 0 Å². The minimum atomic E-state index is -2.17. The SMILES string of the molecule is BC(=O)NNS(=O)O. The van der Waals surface area contributed by atoms with Crippen molar-refractivity contribution in [2.24, 2.45) is 0 Å². The number of rotatable bonds is 2. The van der Waals surface area contributed by atoms with E-state index in [9.17, 15) is 9.00 Å². The normalized spacial score (nSPS) is 12.6. The lowest BCUT2D eigenvalue weighted by Gasteiger charge is -1.95. The molecule has 7 heteroatoms. The first-order chi connectivity index (χ1) is 3.63. The predicted molar refractivity (Wildman–Crippen MR) is 31.0 cm³/mol. The minimum absolute atomic E-state index is 0.410. The van der Waals surface area contributed by atoms with Crippen molar-refractivity contribution in [3.8, 4) is 0 Å². The molecule has 3 N–H and O–H groups in total. The second-order valence-corrected chi connectivity index (χ2v) is 1.73. The third-order valence-corrected chi connectivity index (χ3v) is 0.591. The van der Waals surface area contributed by atoms with Gasteiger partial charge in [0.1, 0.15) is 0 Å². The Morgan fingerprint density at radius 3 is 2.38 bits per heavy atom. The monoisotopic (exact) mass is 136 g/mol. The molecule has 1 amide bonds. The number of hydrogen-bond donors (Lipinski definition) is 3. The van der Waals surface area contributed by atoms with E-state index in [4.69, 9.17) is 4.55 Å².